The van der Waals surface area contributed by atoms with Crippen LogP contribution >= 0.6 is 0 Å². The van der Waals surface area contributed by atoms with Gasteiger partial charge >= 0.3 is 0 Å². The summed E-state index contributed by atoms with van der Waals surface area (Å²) in [6.07, 6.45) is 5.86. The molecule has 0 bridgehead atoms. The van der Waals surface area contributed by atoms with Crippen LogP contribution in [0.3, 0.4) is 0 Å². The number of anilines is 1. The van der Waals surface area contributed by atoms with Crippen LogP contribution in [-0.2, 0) is 6.54 Å². The van der Waals surface area contributed by atoms with Crippen molar-refractivity contribution < 1.29 is 0 Å². The van der Waals surface area contributed by atoms with E-state index in [0.717, 1.165) is 43.7 Å². The third kappa shape index (κ3) is 3.66. The lowest BCUT2D eigenvalue weighted by Crippen LogP contribution is -2.36. The van der Waals surface area contributed by atoms with Gasteiger partial charge in [0.05, 0.1) is 0 Å². The van der Waals surface area contributed by atoms with Crippen molar-refractivity contribution in [2.45, 2.75) is 46.6 Å². The van der Waals surface area contributed by atoms with E-state index < -0.39 is 0 Å². The normalized spacial score (nSPS) is 19.7. The van der Waals surface area contributed by atoms with Crippen molar-refractivity contribution in [3.63, 3.8) is 0 Å². The van der Waals surface area contributed by atoms with E-state index >= 15 is 0 Å². The lowest BCUT2D eigenvalue weighted by atomic mass is 9.96. The van der Waals surface area contributed by atoms with Crippen LogP contribution < -0.4 is 10.2 Å². The topological polar surface area (TPSA) is 41.1 Å². The third-order valence-electron chi connectivity index (χ3n) is 4.01. The Kier molecular flexibility index (Phi) is 5.14. The third-order valence-corrected chi connectivity index (χ3v) is 4.01. The Morgan fingerprint density at radius 1 is 1.42 bits per heavy atom. The van der Waals surface area contributed by atoms with E-state index in [1.165, 1.54) is 24.8 Å². The Labute approximate surface area is 116 Å². The zero-order valence-electron chi connectivity index (χ0n) is 12.4. The molecule has 0 spiro atoms. The Bertz CT molecular complexity index is 405. The fraction of sp³-hybridized carbons (Fsp3) is 0.733. The number of aryl methyl sites for hydroxylation is 1. The molecule has 2 heterocycles. The van der Waals surface area contributed by atoms with Gasteiger partial charge in [0, 0.05) is 37.1 Å². The highest BCUT2D eigenvalue weighted by atomic mass is 15.3. The molecule has 0 aliphatic carbocycles. The van der Waals surface area contributed by atoms with Crippen molar-refractivity contribution >= 4 is 5.95 Å². The molecule has 0 amide bonds. The first-order valence-electron chi connectivity index (χ1n) is 7.52. The molecule has 4 nitrogen and oxygen atoms in total. The van der Waals surface area contributed by atoms with Gasteiger partial charge in [0.1, 0.15) is 0 Å². The van der Waals surface area contributed by atoms with Crippen molar-refractivity contribution in [2.24, 2.45) is 5.92 Å². The SMILES string of the molecule is CCNCc1cnc(N2CCCC(CC)C2)nc1C. The van der Waals surface area contributed by atoms with E-state index in [4.69, 9.17) is 4.98 Å². The second-order valence-corrected chi connectivity index (χ2v) is 5.42. The maximum atomic E-state index is 4.69. The summed E-state index contributed by atoms with van der Waals surface area (Å²) in [7, 11) is 0. The molecule has 19 heavy (non-hydrogen) atoms. The summed E-state index contributed by atoms with van der Waals surface area (Å²) < 4.78 is 0. The van der Waals surface area contributed by atoms with E-state index in [1.54, 1.807) is 0 Å². The van der Waals surface area contributed by atoms with Crippen molar-refractivity contribution in [3.8, 4) is 0 Å². The minimum absolute atomic E-state index is 0.805. The average molecular weight is 262 g/mol. The van der Waals surface area contributed by atoms with E-state index in [-0.39, 0.29) is 0 Å². The summed E-state index contributed by atoms with van der Waals surface area (Å²) in [5, 5.41) is 3.33. The minimum Gasteiger partial charge on any atom is -0.341 e. The summed E-state index contributed by atoms with van der Waals surface area (Å²) in [6, 6.07) is 0. The fourth-order valence-corrected chi connectivity index (χ4v) is 2.65. The van der Waals surface area contributed by atoms with E-state index in [2.05, 4.69) is 36.0 Å². The summed E-state index contributed by atoms with van der Waals surface area (Å²) in [5.41, 5.74) is 2.30. The van der Waals surface area contributed by atoms with Crippen molar-refractivity contribution in [2.75, 3.05) is 24.5 Å². The van der Waals surface area contributed by atoms with E-state index in [9.17, 15) is 0 Å². The van der Waals surface area contributed by atoms with E-state index in [0.29, 0.717) is 0 Å². The van der Waals surface area contributed by atoms with Gasteiger partial charge < -0.3 is 10.2 Å². The van der Waals surface area contributed by atoms with Crippen LogP contribution in [-0.4, -0.2) is 29.6 Å². The molecule has 1 aromatic heterocycles. The number of aromatic nitrogens is 2. The molecule has 0 aromatic carbocycles. The van der Waals surface area contributed by atoms with Gasteiger partial charge in [-0.1, -0.05) is 20.3 Å². The minimum atomic E-state index is 0.805. The van der Waals surface area contributed by atoms with Crippen LogP contribution in [0.5, 0.6) is 0 Å². The smallest absolute Gasteiger partial charge is 0.225 e. The maximum Gasteiger partial charge on any atom is 0.225 e. The van der Waals surface area contributed by atoms with E-state index in [1.807, 2.05) is 6.20 Å². The number of nitrogens with one attached hydrogen (secondary N) is 1. The maximum absolute atomic E-state index is 4.69. The quantitative estimate of drug-likeness (QED) is 0.885. The molecule has 4 heteroatoms. The molecule has 1 aliphatic heterocycles. The molecule has 1 fully saturated rings. The second-order valence-electron chi connectivity index (χ2n) is 5.42. The summed E-state index contributed by atoms with van der Waals surface area (Å²) >= 11 is 0. The average Bonchev–Trinajstić information content (AvgIpc) is 2.46. The van der Waals surface area contributed by atoms with Gasteiger partial charge in [0.2, 0.25) is 5.95 Å². The first kappa shape index (κ1) is 14.3. The Balaban J connectivity index is 2.06. The zero-order valence-corrected chi connectivity index (χ0v) is 12.4. The highest BCUT2D eigenvalue weighted by molar-refractivity contribution is 5.33. The molecule has 1 atom stereocenters. The van der Waals surface area contributed by atoms with Gasteiger partial charge in [-0.05, 0) is 32.2 Å². The predicted octanol–water partition coefficient (Wildman–Crippen LogP) is 2.52. The standard InChI is InChI=1S/C15H26N4/c1-4-13-7-6-8-19(11-13)15-17-10-14(9-16-5-2)12(3)18-15/h10,13,16H,4-9,11H2,1-3H3. The number of rotatable bonds is 5. The van der Waals surface area contributed by atoms with Crippen molar-refractivity contribution in [1.82, 2.24) is 15.3 Å². The molecular formula is C15H26N4. The molecule has 1 saturated heterocycles. The molecule has 1 N–H and O–H groups in total. The number of hydrogen-bond acceptors (Lipinski definition) is 4. The molecule has 1 unspecified atom stereocenters. The van der Waals surface area contributed by atoms with Crippen molar-refractivity contribution in [3.05, 3.63) is 17.5 Å². The van der Waals surface area contributed by atoms with Crippen LogP contribution in [0.15, 0.2) is 6.20 Å². The molecular weight excluding hydrogens is 236 g/mol. The number of hydrogen-bond donors (Lipinski definition) is 1. The van der Waals surface area contributed by atoms with Gasteiger partial charge in [0.25, 0.3) is 0 Å². The molecule has 1 aliphatic rings. The monoisotopic (exact) mass is 262 g/mol. The predicted molar refractivity (Wildman–Crippen MR) is 79.4 cm³/mol. The Hall–Kier alpha value is -1.16. The summed E-state index contributed by atoms with van der Waals surface area (Å²) in [5.74, 6) is 1.72. The van der Waals surface area contributed by atoms with Crippen molar-refractivity contribution in [1.29, 1.82) is 0 Å². The van der Waals surface area contributed by atoms with Gasteiger partial charge in [-0.2, -0.15) is 0 Å². The first-order chi connectivity index (χ1) is 9.24. The first-order valence-corrected chi connectivity index (χ1v) is 7.52. The summed E-state index contributed by atoms with van der Waals surface area (Å²) in [6.45, 7) is 10.5. The van der Waals surface area contributed by atoms with Crippen LogP contribution in [0.25, 0.3) is 0 Å². The van der Waals surface area contributed by atoms with Crippen LogP contribution in [0.2, 0.25) is 0 Å². The Morgan fingerprint density at radius 3 is 2.95 bits per heavy atom. The van der Waals surface area contributed by atoms with Crippen LogP contribution in [0, 0.1) is 12.8 Å². The zero-order chi connectivity index (χ0) is 13.7. The lowest BCUT2D eigenvalue weighted by molar-refractivity contribution is 0.401. The second kappa shape index (κ2) is 6.85. The van der Waals surface area contributed by atoms with Crippen LogP contribution in [0.4, 0.5) is 5.95 Å². The molecule has 0 saturated carbocycles. The Morgan fingerprint density at radius 2 is 2.26 bits per heavy atom. The lowest BCUT2D eigenvalue weighted by Gasteiger charge is -2.32. The highest BCUT2D eigenvalue weighted by Crippen LogP contribution is 2.22. The van der Waals surface area contributed by atoms with Crippen LogP contribution in [0.1, 0.15) is 44.4 Å². The van der Waals surface area contributed by atoms with Gasteiger partial charge in [-0.3, -0.25) is 0 Å². The van der Waals surface area contributed by atoms with Gasteiger partial charge in [-0.15, -0.1) is 0 Å². The van der Waals surface area contributed by atoms with Gasteiger partial charge in [0.15, 0.2) is 0 Å². The number of nitrogens with zero attached hydrogens (tertiary/aromatic N) is 3. The molecule has 2 rings (SSSR count). The van der Waals surface area contributed by atoms with Gasteiger partial charge in [-0.25, -0.2) is 9.97 Å². The molecule has 1 aromatic rings. The molecule has 106 valence electrons. The number of piperidine rings is 1. The largest absolute Gasteiger partial charge is 0.341 e. The fourth-order valence-electron chi connectivity index (χ4n) is 2.65. The highest BCUT2D eigenvalue weighted by Gasteiger charge is 2.20. The molecule has 0 radical (unpaired) electrons. The summed E-state index contributed by atoms with van der Waals surface area (Å²) in [4.78, 5) is 11.6.